The molecule has 2 heterocycles. The molecule has 0 spiro atoms. The fraction of sp³-hybridized carbons (Fsp3) is 0.450. The van der Waals surface area contributed by atoms with Gasteiger partial charge in [0.25, 0.3) is 5.56 Å². The van der Waals surface area contributed by atoms with Gasteiger partial charge in [-0.3, -0.25) is 9.59 Å². The summed E-state index contributed by atoms with van der Waals surface area (Å²) in [6.45, 7) is 8.71. The summed E-state index contributed by atoms with van der Waals surface area (Å²) in [6, 6.07) is 8.20. The summed E-state index contributed by atoms with van der Waals surface area (Å²) in [6.07, 6.45) is 1.23. The molecule has 1 amide bonds. The summed E-state index contributed by atoms with van der Waals surface area (Å²) in [7, 11) is 0. The summed E-state index contributed by atoms with van der Waals surface area (Å²) in [5.74, 6) is 0.756. The van der Waals surface area contributed by atoms with Crippen molar-refractivity contribution in [1.82, 2.24) is 14.9 Å². The number of hydrogen-bond acceptors (Lipinski definition) is 3. The smallest absolute Gasteiger partial charge is 0.256 e. The molecule has 5 heteroatoms. The third kappa shape index (κ3) is 3.81. The first-order chi connectivity index (χ1) is 11.7. The Bertz CT molecular complexity index is 862. The molecule has 25 heavy (non-hydrogen) atoms. The largest absolute Gasteiger partial charge is 0.337 e. The molecule has 0 radical (unpaired) electrons. The molecular formula is C20H25N3O2. The maximum atomic E-state index is 12.5. The van der Waals surface area contributed by atoms with E-state index in [-0.39, 0.29) is 11.5 Å². The first-order valence-electron chi connectivity index (χ1n) is 8.70. The van der Waals surface area contributed by atoms with Gasteiger partial charge < -0.3 is 9.88 Å². The number of amides is 1. The van der Waals surface area contributed by atoms with Gasteiger partial charge in [0.15, 0.2) is 0 Å². The van der Waals surface area contributed by atoms with Gasteiger partial charge in [-0.25, -0.2) is 4.98 Å². The third-order valence-electron chi connectivity index (χ3n) is 4.50. The Balaban J connectivity index is 1.84. The van der Waals surface area contributed by atoms with Crippen molar-refractivity contribution in [2.24, 2.45) is 5.41 Å². The minimum absolute atomic E-state index is 0.0707. The predicted octanol–water partition coefficient (Wildman–Crippen LogP) is 2.60. The number of aromatic nitrogens is 2. The zero-order valence-electron chi connectivity index (χ0n) is 15.3. The summed E-state index contributed by atoms with van der Waals surface area (Å²) in [4.78, 5) is 34.3. The van der Waals surface area contributed by atoms with Gasteiger partial charge in [-0.15, -0.1) is 0 Å². The monoisotopic (exact) mass is 339 g/mol. The lowest BCUT2D eigenvalue weighted by Crippen LogP contribution is -2.44. The van der Waals surface area contributed by atoms with Crippen LogP contribution >= 0.6 is 0 Å². The Morgan fingerprint density at radius 1 is 1.32 bits per heavy atom. The molecule has 0 saturated heterocycles. The summed E-state index contributed by atoms with van der Waals surface area (Å²) < 4.78 is 0. The van der Waals surface area contributed by atoms with E-state index in [9.17, 15) is 9.59 Å². The van der Waals surface area contributed by atoms with Crippen LogP contribution in [0, 0.1) is 12.3 Å². The SMILES string of the molecule is Cc1cccc(Cc2nc3c(c(=O)[nH]2)CN(C(=O)C(C)(C)C)CC3)c1. The van der Waals surface area contributed by atoms with Gasteiger partial charge in [0.05, 0.1) is 17.8 Å². The van der Waals surface area contributed by atoms with Gasteiger partial charge in [0.2, 0.25) is 5.91 Å². The van der Waals surface area contributed by atoms with Crippen molar-refractivity contribution in [1.29, 1.82) is 0 Å². The second-order valence-electron chi connectivity index (χ2n) is 7.83. The molecule has 0 aliphatic carbocycles. The molecular weight excluding hydrogens is 314 g/mol. The van der Waals surface area contributed by atoms with E-state index in [1.165, 1.54) is 5.56 Å². The van der Waals surface area contributed by atoms with Crippen molar-refractivity contribution in [3.63, 3.8) is 0 Å². The molecule has 1 aromatic heterocycles. The first-order valence-corrected chi connectivity index (χ1v) is 8.70. The van der Waals surface area contributed by atoms with Crippen LogP contribution in [0.1, 0.15) is 49.0 Å². The highest BCUT2D eigenvalue weighted by molar-refractivity contribution is 5.81. The fourth-order valence-corrected chi connectivity index (χ4v) is 3.22. The Morgan fingerprint density at radius 2 is 2.08 bits per heavy atom. The van der Waals surface area contributed by atoms with E-state index >= 15 is 0 Å². The number of aryl methyl sites for hydroxylation is 1. The van der Waals surface area contributed by atoms with Gasteiger partial charge in [-0.05, 0) is 12.5 Å². The van der Waals surface area contributed by atoms with Crippen LogP contribution in [-0.4, -0.2) is 27.3 Å². The molecule has 1 aromatic carbocycles. The topological polar surface area (TPSA) is 66.1 Å². The van der Waals surface area contributed by atoms with Gasteiger partial charge in [0, 0.05) is 24.8 Å². The second-order valence-corrected chi connectivity index (χ2v) is 7.83. The number of carbonyl (C=O) groups excluding carboxylic acids is 1. The average Bonchev–Trinajstić information content (AvgIpc) is 2.53. The molecule has 0 saturated carbocycles. The third-order valence-corrected chi connectivity index (χ3v) is 4.50. The van der Waals surface area contributed by atoms with Crippen LogP contribution in [0.2, 0.25) is 0 Å². The van der Waals surface area contributed by atoms with Crippen molar-refractivity contribution in [2.45, 2.75) is 47.1 Å². The molecule has 132 valence electrons. The van der Waals surface area contributed by atoms with Crippen LogP contribution in [0.3, 0.4) is 0 Å². The van der Waals surface area contributed by atoms with Gasteiger partial charge in [0.1, 0.15) is 5.82 Å². The Hall–Kier alpha value is -2.43. The number of nitrogens with one attached hydrogen (secondary N) is 1. The minimum Gasteiger partial charge on any atom is -0.337 e. The van der Waals surface area contributed by atoms with E-state index in [1.54, 1.807) is 4.90 Å². The minimum atomic E-state index is -0.442. The van der Waals surface area contributed by atoms with E-state index in [0.717, 1.165) is 11.3 Å². The predicted molar refractivity (Wildman–Crippen MR) is 97.4 cm³/mol. The van der Waals surface area contributed by atoms with Crippen LogP contribution in [0.5, 0.6) is 0 Å². The van der Waals surface area contributed by atoms with Crippen molar-refractivity contribution < 1.29 is 4.79 Å². The zero-order chi connectivity index (χ0) is 18.2. The lowest BCUT2D eigenvalue weighted by atomic mass is 9.93. The molecule has 0 bridgehead atoms. The molecule has 3 rings (SSSR count). The number of benzene rings is 1. The Kier molecular flexibility index (Phi) is 4.50. The Morgan fingerprint density at radius 3 is 2.76 bits per heavy atom. The number of hydrogen-bond donors (Lipinski definition) is 1. The normalized spacial score (nSPS) is 14.3. The Labute approximate surface area is 148 Å². The van der Waals surface area contributed by atoms with E-state index in [4.69, 9.17) is 0 Å². The highest BCUT2D eigenvalue weighted by atomic mass is 16.2. The van der Waals surface area contributed by atoms with Gasteiger partial charge >= 0.3 is 0 Å². The van der Waals surface area contributed by atoms with Crippen LogP contribution in [0.15, 0.2) is 29.1 Å². The van der Waals surface area contributed by atoms with E-state index in [2.05, 4.69) is 16.0 Å². The maximum absolute atomic E-state index is 12.5. The second kappa shape index (κ2) is 6.47. The summed E-state index contributed by atoms with van der Waals surface area (Å²) >= 11 is 0. The standard InChI is InChI=1S/C20H25N3O2/c1-13-6-5-7-14(10-13)11-17-21-16-8-9-23(19(25)20(2,3)4)12-15(16)18(24)22-17/h5-7,10H,8-9,11-12H2,1-4H3,(H,21,22,24). The summed E-state index contributed by atoms with van der Waals surface area (Å²) in [5, 5.41) is 0. The molecule has 2 aromatic rings. The average molecular weight is 339 g/mol. The van der Waals surface area contributed by atoms with Crippen molar-refractivity contribution in [3.05, 3.63) is 62.8 Å². The molecule has 1 aliphatic rings. The van der Waals surface area contributed by atoms with E-state index in [1.807, 2.05) is 45.9 Å². The molecule has 0 atom stereocenters. The number of nitrogens with zero attached hydrogens (tertiary/aromatic N) is 2. The van der Waals surface area contributed by atoms with E-state index in [0.29, 0.717) is 37.3 Å². The van der Waals surface area contributed by atoms with Crippen LogP contribution in [0.25, 0.3) is 0 Å². The van der Waals surface area contributed by atoms with Gasteiger partial charge in [-0.2, -0.15) is 0 Å². The maximum Gasteiger partial charge on any atom is 0.256 e. The summed E-state index contributed by atoms with van der Waals surface area (Å²) in [5.41, 5.74) is 3.20. The highest BCUT2D eigenvalue weighted by Crippen LogP contribution is 2.22. The van der Waals surface area contributed by atoms with Crippen LogP contribution in [0.4, 0.5) is 0 Å². The molecule has 1 N–H and O–H groups in total. The van der Waals surface area contributed by atoms with Crippen molar-refractivity contribution in [3.8, 4) is 0 Å². The van der Waals surface area contributed by atoms with E-state index < -0.39 is 5.41 Å². The number of fused-ring (bicyclic) bond motifs is 1. The molecule has 1 aliphatic heterocycles. The fourth-order valence-electron chi connectivity index (χ4n) is 3.22. The molecule has 5 nitrogen and oxygen atoms in total. The number of aromatic amines is 1. The molecule has 0 fully saturated rings. The quantitative estimate of drug-likeness (QED) is 0.914. The van der Waals surface area contributed by atoms with Crippen LogP contribution in [-0.2, 0) is 24.2 Å². The number of rotatable bonds is 2. The first kappa shape index (κ1) is 17.4. The lowest BCUT2D eigenvalue weighted by molar-refractivity contribution is -0.140. The van der Waals surface area contributed by atoms with Crippen LogP contribution < -0.4 is 5.56 Å². The lowest BCUT2D eigenvalue weighted by Gasteiger charge is -2.32. The highest BCUT2D eigenvalue weighted by Gasteiger charge is 2.31. The number of carbonyl (C=O) groups is 1. The zero-order valence-corrected chi connectivity index (χ0v) is 15.3. The molecule has 0 unspecified atom stereocenters. The van der Waals surface area contributed by atoms with Crippen molar-refractivity contribution >= 4 is 5.91 Å². The van der Waals surface area contributed by atoms with Gasteiger partial charge in [-0.1, -0.05) is 50.6 Å². The number of H-pyrrole nitrogens is 1. The van der Waals surface area contributed by atoms with Crippen molar-refractivity contribution in [2.75, 3.05) is 6.54 Å².